The molecule has 2 aromatic heterocycles. The second-order valence-electron chi connectivity index (χ2n) is 7.07. The highest BCUT2D eigenvalue weighted by atomic mass is 16.3. The zero-order chi connectivity index (χ0) is 21.3. The number of carbonyl (C=O) groups excluding carboxylic acids is 1. The van der Waals surface area contributed by atoms with Gasteiger partial charge in [0, 0.05) is 48.8 Å². The van der Waals surface area contributed by atoms with E-state index in [1.54, 1.807) is 18.6 Å². The molecule has 0 unspecified atom stereocenters. The lowest BCUT2D eigenvalue weighted by Crippen LogP contribution is -2.13. The van der Waals surface area contributed by atoms with Gasteiger partial charge in [0.25, 0.3) is 0 Å². The summed E-state index contributed by atoms with van der Waals surface area (Å²) in [6, 6.07) is 9.92. The standard InChI is InChI=1S/C23H27N5O2/c1-2-4-16-5-7-17(8-6-16)20-15-27-23(24)22(28-20)21(30)13-18-14-25-11-9-19(18)26-10-3-12-29/h5-9,11,14-15,29H,2-4,10,12-13H2,1H3,(H2,24,27)(H,25,26). The number of anilines is 2. The first-order chi connectivity index (χ1) is 14.6. The number of nitrogen functional groups attached to an aromatic ring is 1. The van der Waals surface area contributed by atoms with Gasteiger partial charge in [0.1, 0.15) is 5.69 Å². The summed E-state index contributed by atoms with van der Waals surface area (Å²) in [5, 5.41) is 12.2. The second kappa shape index (κ2) is 10.5. The van der Waals surface area contributed by atoms with Crippen molar-refractivity contribution in [1.82, 2.24) is 15.0 Å². The number of carbonyl (C=O) groups is 1. The number of Topliss-reactive ketones (excluding diaryl/α,β-unsaturated/α-hetero) is 1. The number of hydrogen-bond donors (Lipinski definition) is 3. The highest BCUT2D eigenvalue weighted by molar-refractivity contribution is 6.00. The molecule has 0 bridgehead atoms. The number of benzene rings is 1. The van der Waals surface area contributed by atoms with E-state index in [0.29, 0.717) is 18.7 Å². The molecule has 0 aliphatic heterocycles. The van der Waals surface area contributed by atoms with Gasteiger partial charge in [0.15, 0.2) is 11.6 Å². The summed E-state index contributed by atoms with van der Waals surface area (Å²) in [5.41, 5.74) is 10.5. The van der Waals surface area contributed by atoms with Crippen LogP contribution in [0.2, 0.25) is 0 Å². The summed E-state index contributed by atoms with van der Waals surface area (Å²) >= 11 is 0. The summed E-state index contributed by atoms with van der Waals surface area (Å²) in [5.74, 6) is -0.104. The van der Waals surface area contributed by atoms with E-state index in [0.717, 1.165) is 29.7 Å². The van der Waals surface area contributed by atoms with Gasteiger partial charge in [-0.1, -0.05) is 37.6 Å². The lowest BCUT2D eigenvalue weighted by atomic mass is 10.0. The van der Waals surface area contributed by atoms with E-state index in [2.05, 4.69) is 39.3 Å². The lowest BCUT2D eigenvalue weighted by molar-refractivity contribution is 0.0989. The summed E-state index contributed by atoms with van der Waals surface area (Å²) in [4.78, 5) is 25.8. The quantitative estimate of drug-likeness (QED) is 0.350. The molecule has 0 spiro atoms. The number of hydrogen-bond acceptors (Lipinski definition) is 7. The zero-order valence-corrected chi connectivity index (χ0v) is 17.1. The van der Waals surface area contributed by atoms with Crippen molar-refractivity contribution in [1.29, 1.82) is 0 Å². The first-order valence-electron chi connectivity index (χ1n) is 10.1. The molecule has 3 rings (SSSR count). The van der Waals surface area contributed by atoms with Crippen molar-refractivity contribution < 1.29 is 9.90 Å². The highest BCUT2D eigenvalue weighted by Gasteiger charge is 2.17. The molecule has 0 atom stereocenters. The van der Waals surface area contributed by atoms with Gasteiger partial charge in [0.2, 0.25) is 0 Å². The van der Waals surface area contributed by atoms with Crippen LogP contribution in [0.3, 0.4) is 0 Å². The fourth-order valence-corrected chi connectivity index (χ4v) is 3.17. The molecule has 0 radical (unpaired) electrons. The molecule has 0 aliphatic rings. The number of nitrogens with zero attached hydrogens (tertiary/aromatic N) is 3. The van der Waals surface area contributed by atoms with Crippen LogP contribution in [0, 0.1) is 0 Å². The topological polar surface area (TPSA) is 114 Å². The maximum Gasteiger partial charge on any atom is 0.189 e. The number of aliphatic hydroxyl groups is 1. The normalized spacial score (nSPS) is 10.7. The van der Waals surface area contributed by atoms with E-state index in [4.69, 9.17) is 10.8 Å². The van der Waals surface area contributed by atoms with Crippen LogP contribution in [-0.4, -0.2) is 39.0 Å². The highest BCUT2D eigenvalue weighted by Crippen LogP contribution is 2.22. The van der Waals surface area contributed by atoms with Crippen LogP contribution >= 0.6 is 0 Å². The maximum absolute atomic E-state index is 13.0. The van der Waals surface area contributed by atoms with E-state index in [-0.39, 0.29) is 30.3 Å². The van der Waals surface area contributed by atoms with E-state index in [1.165, 1.54) is 5.56 Å². The molecule has 156 valence electrons. The second-order valence-corrected chi connectivity index (χ2v) is 7.07. The molecule has 0 aliphatic carbocycles. The van der Waals surface area contributed by atoms with E-state index in [1.807, 2.05) is 18.2 Å². The van der Waals surface area contributed by atoms with Crippen LogP contribution in [0.1, 0.15) is 41.4 Å². The number of pyridine rings is 1. The molecule has 0 fully saturated rings. The minimum Gasteiger partial charge on any atom is -0.396 e. The van der Waals surface area contributed by atoms with Gasteiger partial charge in [-0.05, 0) is 24.5 Å². The predicted molar refractivity (Wildman–Crippen MR) is 118 cm³/mol. The Morgan fingerprint density at radius 2 is 1.97 bits per heavy atom. The molecule has 4 N–H and O–H groups in total. The third kappa shape index (κ3) is 5.39. The Bertz CT molecular complexity index is 989. The number of nitrogens with two attached hydrogens (primary N) is 1. The summed E-state index contributed by atoms with van der Waals surface area (Å²) < 4.78 is 0. The molecule has 0 saturated heterocycles. The van der Waals surface area contributed by atoms with Crippen LogP contribution in [-0.2, 0) is 12.8 Å². The SMILES string of the molecule is CCCc1ccc(-c2cnc(N)c(C(=O)Cc3cnccc3NCCCO)n2)cc1. The predicted octanol–water partition coefficient (Wildman–Crippen LogP) is 3.29. The molecule has 7 heteroatoms. The Balaban J connectivity index is 1.81. The van der Waals surface area contributed by atoms with Crippen LogP contribution in [0.4, 0.5) is 11.5 Å². The Morgan fingerprint density at radius 1 is 1.17 bits per heavy atom. The maximum atomic E-state index is 13.0. The Labute approximate surface area is 176 Å². The van der Waals surface area contributed by atoms with Crippen LogP contribution < -0.4 is 11.1 Å². The van der Waals surface area contributed by atoms with Crippen LogP contribution in [0.5, 0.6) is 0 Å². The van der Waals surface area contributed by atoms with Gasteiger partial charge in [-0.2, -0.15) is 0 Å². The molecule has 0 saturated carbocycles. The van der Waals surface area contributed by atoms with Crippen LogP contribution in [0.25, 0.3) is 11.3 Å². The molecular formula is C23H27N5O2. The van der Waals surface area contributed by atoms with E-state index >= 15 is 0 Å². The fraction of sp³-hybridized carbons (Fsp3) is 0.304. The molecule has 0 amide bonds. The van der Waals surface area contributed by atoms with Gasteiger partial charge in [-0.15, -0.1) is 0 Å². The Kier molecular flexibility index (Phi) is 7.45. The number of aryl methyl sites for hydroxylation is 1. The van der Waals surface area contributed by atoms with Crippen LogP contribution in [0.15, 0.2) is 48.9 Å². The number of rotatable bonds is 10. The minimum absolute atomic E-state index is 0.102. The third-order valence-corrected chi connectivity index (χ3v) is 4.76. The number of nitrogens with one attached hydrogen (secondary N) is 1. The van der Waals surface area contributed by atoms with Gasteiger partial charge >= 0.3 is 0 Å². The Hall–Kier alpha value is -3.32. The zero-order valence-electron chi connectivity index (χ0n) is 17.1. The van der Waals surface area contributed by atoms with Gasteiger partial charge < -0.3 is 16.2 Å². The third-order valence-electron chi connectivity index (χ3n) is 4.76. The molecular weight excluding hydrogens is 378 g/mol. The lowest BCUT2D eigenvalue weighted by Gasteiger charge is -2.11. The van der Waals surface area contributed by atoms with Crippen molar-refractivity contribution in [2.75, 3.05) is 24.2 Å². The first kappa shape index (κ1) is 21.4. The smallest absolute Gasteiger partial charge is 0.189 e. The van der Waals surface area contributed by atoms with E-state index < -0.39 is 0 Å². The Morgan fingerprint density at radius 3 is 2.70 bits per heavy atom. The van der Waals surface area contributed by atoms with Crippen molar-refractivity contribution in [3.8, 4) is 11.3 Å². The molecule has 3 aromatic rings. The monoisotopic (exact) mass is 405 g/mol. The molecule has 30 heavy (non-hydrogen) atoms. The largest absolute Gasteiger partial charge is 0.396 e. The number of aliphatic hydroxyl groups excluding tert-OH is 1. The fourth-order valence-electron chi connectivity index (χ4n) is 3.17. The van der Waals surface area contributed by atoms with Gasteiger partial charge in [0.05, 0.1) is 11.9 Å². The average Bonchev–Trinajstić information content (AvgIpc) is 2.76. The summed E-state index contributed by atoms with van der Waals surface area (Å²) in [6.07, 6.45) is 7.74. The molecule has 2 heterocycles. The van der Waals surface area contributed by atoms with Crippen molar-refractivity contribution in [2.24, 2.45) is 0 Å². The van der Waals surface area contributed by atoms with Gasteiger partial charge in [-0.25, -0.2) is 9.97 Å². The molecule has 1 aromatic carbocycles. The molecule has 7 nitrogen and oxygen atoms in total. The first-order valence-corrected chi connectivity index (χ1v) is 10.1. The summed E-state index contributed by atoms with van der Waals surface area (Å²) in [7, 11) is 0. The van der Waals surface area contributed by atoms with Crippen molar-refractivity contribution in [2.45, 2.75) is 32.6 Å². The number of ketones is 1. The number of aromatic nitrogens is 3. The van der Waals surface area contributed by atoms with Crippen molar-refractivity contribution in [3.63, 3.8) is 0 Å². The summed E-state index contributed by atoms with van der Waals surface area (Å²) in [6.45, 7) is 2.85. The minimum atomic E-state index is -0.220. The van der Waals surface area contributed by atoms with Crippen molar-refractivity contribution >= 4 is 17.3 Å². The van der Waals surface area contributed by atoms with E-state index in [9.17, 15) is 4.79 Å². The van der Waals surface area contributed by atoms with Crippen molar-refractivity contribution in [3.05, 3.63) is 65.7 Å². The average molecular weight is 406 g/mol. The van der Waals surface area contributed by atoms with Gasteiger partial charge in [-0.3, -0.25) is 9.78 Å².